The predicted molar refractivity (Wildman–Crippen MR) is 131 cm³/mol. The first-order valence-electron chi connectivity index (χ1n) is 10.5. The quantitative estimate of drug-likeness (QED) is 0.436. The Bertz CT molecular complexity index is 1210. The highest BCUT2D eigenvalue weighted by Crippen LogP contribution is 2.34. The highest BCUT2D eigenvalue weighted by atomic mass is 32.3. The number of hydrogen-bond acceptors (Lipinski definition) is 5. The number of pyridine rings is 1. The molecule has 3 heterocycles. The van der Waals surface area contributed by atoms with Crippen molar-refractivity contribution in [2.75, 3.05) is 31.1 Å². The van der Waals surface area contributed by atoms with Crippen molar-refractivity contribution in [3.05, 3.63) is 36.0 Å². The fourth-order valence-corrected chi connectivity index (χ4v) is 3.80. The van der Waals surface area contributed by atoms with Crippen LogP contribution < -0.4 is 0 Å². The maximum absolute atomic E-state index is 9.91. The molecule has 0 saturated carbocycles. The Kier molecular flexibility index (Phi) is 7.00. The van der Waals surface area contributed by atoms with Gasteiger partial charge in [-0.25, -0.2) is 19.7 Å². The zero-order chi connectivity index (χ0) is 23.5. The lowest BCUT2D eigenvalue weighted by atomic mass is 10.1. The van der Waals surface area contributed by atoms with Crippen LogP contribution in [0.1, 0.15) is 32.2 Å². The Balaban J connectivity index is 1.98. The van der Waals surface area contributed by atoms with Crippen molar-refractivity contribution in [1.82, 2.24) is 19.3 Å². The molecular weight excluding hydrogens is 422 g/mol. The van der Waals surface area contributed by atoms with Crippen LogP contribution >= 0.6 is 10.0 Å². The van der Waals surface area contributed by atoms with E-state index < -0.39 is 15.6 Å². The normalized spacial score (nSPS) is 12.4. The van der Waals surface area contributed by atoms with E-state index in [1.807, 2.05) is 18.5 Å². The summed E-state index contributed by atoms with van der Waals surface area (Å²) < 4.78 is 9.56. The number of hydrogen-bond donors (Lipinski definition) is 1. The average Bonchev–Trinajstić information content (AvgIpc) is 3.28. The van der Waals surface area contributed by atoms with Crippen molar-refractivity contribution >= 4 is 20.9 Å². The van der Waals surface area contributed by atoms with E-state index in [0.717, 1.165) is 34.3 Å². The molecular formula is C24H31N5O2S. The van der Waals surface area contributed by atoms with Crippen LogP contribution in [-0.2, 0) is 18.0 Å². The SMILES string of the molecule is CCn1cc(-c2cn(COCCS(C)(C)C)nc2C#N)c2cc(C#CC(C)(C)O)ncc21. The third-order valence-corrected chi connectivity index (χ3v) is 6.22. The molecule has 0 unspecified atom stereocenters. The smallest absolute Gasteiger partial charge is 0.170 e. The van der Waals surface area contributed by atoms with Gasteiger partial charge in [-0.1, -0.05) is 5.92 Å². The summed E-state index contributed by atoms with van der Waals surface area (Å²) in [5.74, 6) is 6.77. The summed E-state index contributed by atoms with van der Waals surface area (Å²) in [6.45, 7) is 7.07. The molecule has 170 valence electrons. The molecule has 3 aromatic heterocycles. The lowest BCUT2D eigenvalue weighted by Crippen LogP contribution is -2.14. The van der Waals surface area contributed by atoms with E-state index in [2.05, 4.69) is 58.3 Å². The average molecular weight is 454 g/mol. The minimum absolute atomic E-state index is 0.306. The van der Waals surface area contributed by atoms with Crippen LogP contribution in [0, 0.1) is 23.2 Å². The molecule has 3 rings (SSSR count). The minimum Gasteiger partial charge on any atom is -0.378 e. The van der Waals surface area contributed by atoms with E-state index in [1.165, 1.54) is 0 Å². The highest BCUT2D eigenvalue weighted by Gasteiger charge is 2.18. The summed E-state index contributed by atoms with van der Waals surface area (Å²) in [6, 6.07) is 4.11. The molecule has 0 radical (unpaired) electrons. The molecule has 0 saturated heterocycles. The number of nitriles is 1. The van der Waals surface area contributed by atoms with Crippen LogP contribution in [0.3, 0.4) is 0 Å². The molecule has 32 heavy (non-hydrogen) atoms. The fourth-order valence-electron chi connectivity index (χ4n) is 3.18. The zero-order valence-corrected chi connectivity index (χ0v) is 20.5. The molecule has 8 heteroatoms. The Morgan fingerprint density at radius 2 is 1.97 bits per heavy atom. The van der Waals surface area contributed by atoms with Crippen LogP contribution in [0.25, 0.3) is 22.0 Å². The number of ether oxygens (including phenoxy) is 1. The summed E-state index contributed by atoms with van der Waals surface area (Å²) in [5.41, 5.74) is 2.43. The number of rotatable bonds is 7. The third-order valence-electron chi connectivity index (χ3n) is 4.83. The maximum Gasteiger partial charge on any atom is 0.170 e. The fraction of sp³-hybridized carbons (Fsp3) is 0.458. The van der Waals surface area contributed by atoms with Gasteiger partial charge in [0.05, 0.1) is 18.3 Å². The number of aromatic nitrogens is 4. The molecule has 0 aliphatic heterocycles. The summed E-state index contributed by atoms with van der Waals surface area (Å²) in [6.07, 6.45) is 12.4. The summed E-state index contributed by atoms with van der Waals surface area (Å²) in [5, 5.41) is 25.0. The van der Waals surface area contributed by atoms with E-state index in [1.54, 1.807) is 24.7 Å². The van der Waals surface area contributed by atoms with Gasteiger partial charge < -0.3 is 14.4 Å². The number of aliphatic hydroxyl groups is 1. The third kappa shape index (κ3) is 5.92. The molecule has 0 fully saturated rings. The zero-order valence-electron chi connectivity index (χ0n) is 19.6. The molecule has 0 bridgehead atoms. The largest absolute Gasteiger partial charge is 0.378 e. The van der Waals surface area contributed by atoms with Crippen molar-refractivity contribution < 1.29 is 9.84 Å². The Morgan fingerprint density at radius 1 is 1.22 bits per heavy atom. The Labute approximate surface area is 191 Å². The molecule has 0 atom stereocenters. The van der Waals surface area contributed by atoms with Crippen LogP contribution in [0.4, 0.5) is 0 Å². The van der Waals surface area contributed by atoms with Gasteiger partial charge in [-0.2, -0.15) is 10.4 Å². The van der Waals surface area contributed by atoms with Gasteiger partial charge in [-0.3, -0.25) is 0 Å². The molecule has 0 aliphatic carbocycles. The minimum atomic E-state index is -1.10. The van der Waals surface area contributed by atoms with Crippen LogP contribution in [0.5, 0.6) is 0 Å². The van der Waals surface area contributed by atoms with E-state index in [9.17, 15) is 10.4 Å². The van der Waals surface area contributed by atoms with E-state index in [-0.39, 0.29) is 0 Å². The van der Waals surface area contributed by atoms with E-state index in [4.69, 9.17) is 4.74 Å². The highest BCUT2D eigenvalue weighted by molar-refractivity contribution is 8.32. The van der Waals surface area contributed by atoms with Gasteiger partial charge in [-0.15, -0.1) is 0 Å². The van der Waals surface area contributed by atoms with Gasteiger partial charge in [0, 0.05) is 41.2 Å². The summed E-state index contributed by atoms with van der Waals surface area (Å²) >= 11 is 0. The summed E-state index contributed by atoms with van der Waals surface area (Å²) in [4.78, 5) is 4.43. The van der Waals surface area contributed by atoms with Gasteiger partial charge in [0.2, 0.25) is 0 Å². The molecule has 0 spiro atoms. The molecule has 1 N–H and O–H groups in total. The van der Waals surface area contributed by atoms with Gasteiger partial charge in [0.1, 0.15) is 24.1 Å². The number of nitrogens with zero attached hydrogens (tertiary/aromatic N) is 5. The van der Waals surface area contributed by atoms with Crippen molar-refractivity contribution in [2.45, 2.75) is 39.6 Å². The van der Waals surface area contributed by atoms with Crippen LogP contribution in [-0.4, -0.2) is 61.2 Å². The number of fused-ring (bicyclic) bond motifs is 1. The molecule has 7 nitrogen and oxygen atoms in total. The lowest BCUT2D eigenvalue weighted by Gasteiger charge is -2.24. The Morgan fingerprint density at radius 3 is 2.59 bits per heavy atom. The van der Waals surface area contributed by atoms with Crippen molar-refractivity contribution in [1.29, 1.82) is 5.26 Å². The van der Waals surface area contributed by atoms with Gasteiger partial charge in [-0.05, 0) is 51.5 Å². The monoisotopic (exact) mass is 453 g/mol. The van der Waals surface area contributed by atoms with Gasteiger partial charge >= 0.3 is 0 Å². The first kappa shape index (κ1) is 23.9. The van der Waals surface area contributed by atoms with Gasteiger partial charge in [0.25, 0.3) is 0 Å². The topological polar surface area (TPSA) is 88.9 Å². The molecule has 0 aromatic carbocycles. The van der Waals surface area contributed by atoms with E-state index in [0.29, 0.717) is 24.7 Å². The second kappa shape index (κ2) is 9.38. The van der Waals surface area contributed by atoms with Crippen molar-refractivity contribution in [3.8, 4) is 29.0 Å². The first-order chi connectivity index (χ1) is 15.0. The maximum atomic E-state index is 9.91. The van der Waals surface area contributed by atoms with Crippen molar-refractivity contribution in [3.63, 3.8) is 0 Å². The first-order valence-corrected chi connectivity index (χ1v) is 13.5. The summed E-state index contributed by atoms with van der Waals surface area (Å²) in [7, 11) is -0.614. The van der Waals surface area contributed by atoms with E-state index >= 15 is 0 Å². The number of aryl methyl sites for hydroxylation is 1. The molecule has 0 aliphatic rings. The van der Waals surface area contributed by atoms with Crippen molar-refractivity contribution in [2.24, 2.45) is 0 Å². The second-order valence-corrected chi connectivity index (χ2v) is 13.7. The standard InChI is InChI=1S/C24H31N5O2S/c1-7-28-15-20(19-12-18(26-14-23(19)28)8-9-24(2,3)30)21-16-29(27-22(21)13-25)17-31-10-11-32(4,5)6/h12,14-16,30H,7,10-11,17H2,1-6H3. The second-order valence-electron chi connectivity index (χ2n) is 9.10. The van der Waals surface area contributed by atoms with Crippen LogP contribution in [0.15, 0.2) is 24.7 Å². The molecule has 0 amide bonds. The molecule has 3 aromatic rings. The Hall–Kier alpha value is -2.78. The van der Waals surface area contributed by atoms with Gasteiger partial charge in [0.15, 0.2) is 5.69 Å². The van der Waals surface area contributed by atoms with Crippen LogP contribution in [0.2, 0.25) is 0 Å². The lowest BCUT2D eigenvalue weighted by molar-refractivity contribution is 0.0808. The predicted octanol–water partition coefficient (Wildman–Crippen LogP) is 3.58.